The molecule has 0 aliphatic rings. The minimum absolute atomic E-state index is 0.0572. The molecule has 0 spiro atoms. The summed E-state index contributed by atoms with van der Waals surface area (Å²) in [6.07, 6.45) is 0. The molecule has 2 aromatic rings. The zero-order valence-electron chi connectivity index (χ0n) is 9.18. The summed E-state index contributed by atoms with van der Waals surface area (Å²) in [6.45, 7) is 0. The molecule has 6 heteroatoms. The Morgan fingerprint density at radius 1 is 1.00 bits per heavy atom. The van der Waals surface area contributed by atoms with E-state index in [4.69, 9.17) is 11.6 Å². The van der Waals surface area contributed by atoms with Crippen molar-refractivity contribution in [3.8, 4) is 0 Å². The van der Waals surface area contributed by atoms with Gasteiger partial charge in [0.25, 0.3) is 0 Å². The maximum atomic E-state index is 13.8. The van der Waals surface area contributed by atoms with Crippen molar-refractivity contribution < 1.29 is 9.18 Å². The fraction of sp³-hybridized carbons (Fsp3) is 0. The maximum absolute atomic E-state index is 13.8. The van der Waals surface area contributed by atoms with E-state index in [1.54, 1.807) is 18.2 Å². The van der Waals surface area contributed by atoms with Gasteiger partial charge >= 0.3 is 0 Å². The van der Waals surface area contributed by atoms with E-state index >= 15 is 0 Å². The number of halogens is 5. The Morgan fingerprint density at radius 2 is 1.58 bits per heavy atom. The third-order valence-corrected chi connectivity index (χ3v) is 4.49. The van der Waals surface area contributed by atoms with Gasteiger partial charge in [0.2, 0.25) is 0 Å². The van der Waals surface area contributed by atoms with Crippen molar-refractivity contribution in [3.05, 3.63) is 65.7 Å². The quantitative estimate of drug-likeness (QED) is 0.388. The molecular formula is C13H5Br3ClFO. The Balaban J connectivity index is 2.53. The van der Waals surface area contributed by atoms with Crippen LogP contribution in [0.5, 0.6) is 0 Å². The summed E-state index contributed by atoms with van der Waals surface area (Å²) < 4.78 is 15.7. The molecule has 0 aromatic heterocycles. The molecule has 1 nitrogen and oxygen atoms in total. The lowest BCUT2D eigenvalue weighted by Crippen LogP contribution is -2.04. The third kappa shape index (κ3) is 3.45. The van der Waals surface area contributed by atoms with Crippen LogP contribution in [0.3, 0.4) is 0 Å². The molecule has 0 unspecified atom stereocenters. The molecular weight excluding hydrogens is 466 g/mol. The van der Waals surface area contributed by atoms with Crippen LogP contribution in [0.4, 0.5) is 4.39 Å². The summed E-state index contributed by atoms with van der Waals surface area (Å²) in [5.41, 5.74) is 0.316. The number of carbonyl (C=O) groups is 1. The number of benzene rings is 2. The molecule has 0 atom stereocenters. The molecule has 0 aliphatic heterocycles. The largest absolute Gasteiger partial charge is 0.288 e. The Kier molecular flexibility index (Phi) is 4.82. The minimum atomic E-state index is -0.614. The molecule has 0 bridgehead atoms. The highest BCUT2D eigenvalue weighted by molar-refractivity contribution is 9.11. The molecule has 0 saturated heterocycles. The second kappa shape index (κ2) is 6.04. The normalized spacial score (nSPS) is 10.6. The first kappa shape index (κ1) is 15.2. The first-order valence-corrected chi connectivity index (χ1v) is 7.79. The molecule has 2 aromatic carbocycles. The highest BCUT2D eigenvalue weighted by Gasteiger charge is 2.17. The summed E-state index contributed by atoms with van der Waals surface area (Å²) in [7, 11) is 0. The molecule has 0 saturated carbocycles. The van der Waals surface area contributed by atoms with E-state index < -0.39 is 11.6 Å². The van der Waals surface area contributed by atoms with Crippen molar-refractivity contribution in [2.45, 2.75) is 0 Å². The predicted octanol–water partition coefficient (Wildman–Crippen LogP) is 6.00. The van der Waals surface area contributed by atoms with Gasteiger partial charge in [0.15, 0.2) is 5.78 Å². The Hall–Kier alpha value is -0.230. The van der Waals surface area contributed by atoms with Gasteiger partial charge in [0, 0.05) is 19.0 Å². The van der Waals surface area contributed by atoms with Crippen LogP contribution >= 0.6 is 59.4 Å². The standard InChI is InChI=1S/C13H5Br3ClFO/c14-7-1-6(2-8(15)3-7)13(19)9-4-11(17)10(16)5-12(9)18/h1-5H. The van der Waals surface area contributed by atoms with E-state index in [-0.39, 0.29) is 5.56 Å². The summed E-state index contributed by atoms with van der Waals surface area (Å²) in [6, 6.07) is 7.55. The summed E-state index contributed by atoms with van der Waals surface area (Å²) in [5.74, 6) is -1.04. The van der Waals surface area contributed by atoms with E-state index in [2.05, 4.69) is 47.8 Å². The van der Waals surface area contributed by atoms with E-state index in [1.807, 2.05) is 0 Å². The molecule has 19 heavy (non-hydrogen) atoms. The maximum Gasteiger partial charge on any atom is 0.196 e. The second-order valence-electron chi connectivity index (χ2n) is 3.73. The van der Waals surface area contributed by atoms with E-state index in [0.29, 0.717) is 15.1 Å². The number of hydrogen-bond donors (Lipinski definition) is 0. The minimum Gasteiger partial charge on any atom is -0.288 e. The van der Waals surface area contributed by atoms with Crippen molar-refractivity contribution in [3.63, 3.8) is 0 Å². The zero-order valence-corrected chi connectivity index (χ0v) is 14.7. The van der Waals surface area contributed by atoms with Crippen LogP contribution in [-0.2, 0) is 0 Å². The molecule has 0 radical (unpaired) electrons. The fourth-order valence-electron chi connectivity index (χ4n) is 1.54. The monoisotopic (exact) mass is 468 g/mol. The van der Waals surface area contributed by atoms with Crippen LogP contribution in [0.2, 0.25) is 5.02 Å². The van der Waals surface area contributed by atoms with Crippen molar-refractivity contribution >= 4 is 65.2 Å². The zero-order chi connectivity index (χ0) is 14.2. The Morgan fingerprint density at radius 3 is 2.16 bits per heavy atom. The van der Waals surface area contributed by atoms with Gasteiger partial charge in [0.05, 0.1) is 10.6 Å². The molecule has 98 valence electrons. The van der Waals surface area contributed by atoms with Crippen molar-refractivity contribution in [1.82, 2.24) is 0 Å². The summed E-state index contributed by atoms with van der Waals surface area (Å²) in [5, 5.41) is 0.291. The first-order valence-electron chi connectivity index (χ1n) is 5.04. The van der Waals surface area contributed by atoms with Crippen LogP contribution in [-0.4, -0.2) is 5.78 Å². The van der Waals surface area contributed by atoms with Crippen molar-refractivity contribution in [1.29, 1.82) is 0 Å². The number of ketones is 1. The molecule has 0 aliphatic carbocycles. The lowest BCUT2D eigenvalue weighted by molar-refractivity contribution is 0.103. The average Bonchev–Trinajstić information content (AvgIpc) is 2.31. The highest BCUT2D eigenvalue weighted by atomic mass is 79.9. The number of hydrogen-bond acceptors (Lipinski definition) is 1. The van der Waals surface area contributed by atoms with Gasteiger partial charge in [-0.15, -0.1) is 0 Å². The van der Waals surface area contributed by atoms with Gasteiger partial charge in [-0.1, -0.05) is 43.5 Å². The molecule has 0 amide bonds. The van der Waals surface area contributed by atoms with Crippen LogP contribution in [0.1, 0.15) is 15.9 Å². The van der Waals surface area contributed by atoms with Gasteiger partial charge < -0.3 is 0 Å². The van der Waals surface area contributed by atoms with Gasteiger partial charge in [0.1, 0.15) is 5.82 Å². The van der Waals surface area contributed by atoms with Crippen LogP contribution in [0.25, 0.3) is 0 Å². The molecule has 2 rings (SSSR count). The Bertz CT molecular complexity index is 653. The van der Waals surface area contributed by atoms with Crippen LogP contribution < -0.4 is 0 Å². The van der Waals surface area contributed by atoms with Crippen molar-refractivity contribution in [2.24, 2.45) is 0 Å². The van der Waals surface area contributed by atoms with Crippen LogP contribution in [0.15, 0.2) is 43.7 Å². The van der Waals surface area contributed by atoms with Gasteiger partial charge in [-0.3, -0.25) is 4.79 Å². The predicted molar refractivity (Wildman–Crippen MR) is 84.4 cm³/mol. The van der Waals surface area contributed by atoms with E-state index in [1.165, 1.54) is 12.1 Å². The first-order chi connectivity index (χ1) is 8.88. The number of carbonyl (C=O) groups excluding carboxylic acids is 1. The fourth-order valence-corrected chi connectivity index (χ4v) is 3.31. The summed E-state index contributed by atoms with van der Waals surface area (Å²) in [4.78, 5) is 12.3. The van der Waals surface area contributed by atoms with Crippen molar-refractivity contribution in [2.75, 3.05) is 0 Å². The lowest BCUT2D eigenvalue weighted by atomic mass is 10.0. The molecule has 0 heterocycles. The van der Waals surface area contributed by atoms with Gasteiger partial charge in [-0.25, -0.2) is 4.39 Å². The van der Waals surface area contributed by atoms with E-state index in [0.717, 1.165) is 8.95 Å². The summed E-state index contributed by atoms with van der Waals surface area (Å²) >= 11 is 15.6. The smallest absolute Gasteiger partial charge is 0.196 e. The topological polar surface area (TPSA) is 17.1 Å². The van der Waals surface area contributed by atoms with Gasteiger partial charge in [-0.2, -0.15) is 0 Å². The highest BCUT2D eigenvalue weighted by Crippen LogP contribution is 2.28. The van der Waals surface area contributed by atoms with Crippen LogP contribution in [0, 0.1) is 5.82 Å². The molecule has 0 N–H and O–H groups in total. The Labute approximate surface area is 139 Å². The number of rotatable bonds is 2. The third-order valence-electron chi connectivity index (χ3n) is 2.38. The molecule has 0 fully saturated rings. The average molecular weight is 471 g/mol. The lowest BCUT2D eigenvalue weighted by Gasteiger charge is -2.06. The van der Waals surface area contributed by atoms with E-state index in [9.17, 15) is 9.18 Å². The SMILES string of the molecule is O=C(c1cc(Br)cc(Br)c1)c1cc(Cl)c(Br)cc1F. The second-order valence-corrected chi connectivity index (χ2v) is 6.83. The van der Waals surface area contributed by atoms with Gasteiger partial charge in [-0.05, 0) is 46.3 Å².